The van der Waals surface area contributed by atoms with Crippen molar-refractivity contribution in [2.75, 3.05) is 13.7 Å². The first kappa shape index (κ1) is 19.5. The zero-order valence-corrected chi connectivity index (χ0v) is 14.6. The van der Waals surface area contributed by atoms with Crippen molar-refractivity contribution in [3.05, 3.63) is 34.4 Å². The summed E-state index contributed by atoms with van der Waals surface area (Å²) >= 11 is 1.14. The van der Waals surface area contributed by atoms with Gasteiger partial charge in [-0.2, -0.15) is 0 Å². The van der Waals surface area contributed by atoms with Gasteiger partial charge in [-0.25, -0.2) is 0 Å². The quantitative estimate of drug-likeness (QED) is 0.256. The number of carbonyl (C=O) groups is 1. The maximum atomic E-state index is 12.2. The van der Waals surface area contributed by atoms with Gasteiger partial charge in [0.2, 0.25) is 6.54 Å². The van der Waals surface area contributed by atoms with Gasteiger partial charge < -0.3 is 4.74 Å². The van der Waals surface area contributed by atoms with Crippen molar-refractivity contribution in [2.24, 2.45) is 5.92 Å². The fourth-order valence-corrected chi connectivity index (χ4v) is 3.24. The van der Waals surface area contributed by atoms with Crippen molar-refractivity contribution in [3.63, 3.8) is 0 Å². The minimum atomic E-state index is -0.310. The predicted octanol–water partition coefficient (Wildman–Crippen LogP) is 4.57. The summed E-state index contributed by atoms with van der Waals surface area (Å²) in [6.07, 6.45) is 5.29. The number of rotatable bonds is 11. The van der Waals surface area contributed by atoms with E-state index in [0.29, 0.717) is 0 Å². The van der Waals surface area contributed by atoms with Crippen LogP contribution in [-0.2, 0) is 4.79 Å². The molecular weight excluding hydrogens is 314 g/mol. The third-order valence-electron chi connectivity index (χ3n) is 3.62. The van der Waals surface area contributed by atoms with Crippen LogP contribution >= 0.6 is 11.8 Å². The molecule has 0 radical (unpaired) electrons. The SMILES string of the molecule is CCCCCC[C@@H](CC(=O)Sc1ccc(OC)cc1)C[N+](=O)[O-]. The molecule has 23 heavy (non-hydrogen) atoms. The normalized spacial score (nSPS) is 11.9. The molecule has 0 aromatic heterocycles. The van der Waals surface area contributed by atoms with E-state index in [2.05, 4.69) is 6.92 Å². The van der Waals surface area contributed by atoms with Gasteiger partial charge in [0, 0.05) is 22.2 Å². The number of carbonyl (C=O) groups excluding carboxylic acids is 1. The molecule has 0 aliphatic carbocycles. The van der Waals surface area contributed by atoms with Crippen LogP contribution in [0.3, 0.4) is 0 Å². The van der Waals surface area contributed by atoms with Crippen molar-refractivity contribution in [2.45, 2.75) is 50.3 Å². The van der Waals surface area contributed by atoms with Crippen LogP contribution in [0, 0.1) is 16.0 Å². The summed E-state index contributed by atoms with van der Waals surface area (Å²) in [6.45, 7) is 2.00. The molecule has 1 atom stereocenters. The predicted molar refractivity (Wildman–Crippen MR) is 92.6 cm³/mol. The Morgan fingerprint density at radius 1 is 1.26 bits per heavy atom. The largest absolute Gasteiger partial charge is 0.497 e. The first-order chi connectivity index (χ1) is 11.0. The lowest BCUT2D eigenvalue weighted by atomic mass is 9.98. The first-order valence-electron chi connectivity index (χ1n) is 8.01. The van der Waals surface area contributed by atoms with E-state index in [1.54, 1.807) is 19.2 Å². The van der Waals surface area contributed by atoms with Gasteiger partial charge in [-0.05, 0) is 30.7 Å². The number of methoxy groups -OCH3 is 1. The average Bonchev–Trinajstić information content (AvgIpc) is 2.51. The highest BCUT2D eigenvalue weighted by Crippen LogP contribution is 2.26. The van der Waals surface area contributed by atoms with E-state index in [4.69, 9.17) is 4.74 Å². The van der Waals surface area contributed by atoms with E-state index in [1.807, 2.05) is 12.1 Å². The Morgan fingerprint density at radius 2 is 1.96 bits per heavy atom. The molecule has 128 valence electrons. The fourth-order valence-electron chi connectivity index (χ4n) is 2.38. The summed E-state index contributed by atoms with van der Waals surface area (Å²) < 4.78 is 5.08. The Labute approximate surface area is 141 Å². The molecule has 1 aromatic carbocycles. The summed E-state index contributed by atoms with van der Waals surface area (Å²) in [4.78, 5) is 23.5. The smallest absolute Gasteiger partial charge is 0.207 e. The van der Waals surface area contributed by atoms with Crippen molar-refractivity contribution >= 4 is 16.9 Å². The molecule has 0 N–H and O–H groups in total. The maximum Gasteiger partial charge on any atom is 0.207 e. The van der Waals surface area contributed by atoms with E-state index in [0.717, 1.165) is 54.5 Å². The van der Waals surface area contributed by atoms with E-state index in [1.165, 1.54) is 0 Å². The number of benzene rings is 1. The highest BCUT2D eigenvalue weighted by Gasteiger charge is 2.19. The van der Waals surface area contributed by atoms with Gasteiger partial charge in [-0.15, -0.1) is 0 Å². The molecule has 0 aliphatic rings. The topological polar surface area (TPSA) is 69.4 Å². The Balaban J connectivity index is 2.48. The summed E-state index contributed by atoms with van der Waals surface area (Å²) in [7, 11) is 1.59. The molecule has 0 saturated heterocycles. The molecule has 0 heterocycles. The number of nitro groups is 1. The summed E-state index contributed by atoms with van der Waals surface area (Å²) in [6, 6.07) is 7.25. The van der Waals surface area contributed by atoms with Gasteiger partial charge in [0.15, 0.2) is 5.12 Å². The highest BCUT2D eigenvalue weighted by molar-refractivity contribution is 8.13. The molecule has 1 aromatic rings. The van der Waals surface area contributed by atoms with Gasteiger partial charge >= 0.3 is 0 Å². The van der Waals surface area contributed by atoms with E-state index < -0.39 is 0 Å². The van der Waals surface area contributed by atoms with Gasteiger partial charge in [0.25, 0.3) is 0 Å². The average molecular weight is 339 g/mol. The zero-order valence-electron chi connectivity index (χ0n) is 13.8. The van der Waals surface area contributed by atoms with Gasteiger partial charge in [0.1, 0.15) is 5.75 Å². The van der Waals surface area contributed by atoms with Gasteiger partial charge in [-0.3, -0.25) is 14.9 Å². The molecule has 1 rings (SSSR count). The fraction of sp³-hybridized carbons (Fsp3) is 0.588. The van der Waals surface area contributed by atoms with Gasteiger partial charge in [0.05, 0.1) is 7.11 Å². The van der Waals surface area contributed by atoms with E-state index in [-0.39, 0.29) is 28.9 Å². The third-order valence-corrected chi connectivity index (χ3v) is 4.52. The highest BCUT2D eigenvalue weighted by atomic mass is 32.2. The van der Waals surface area contributed by atoms with Crippen LogP contribution in [0.5, 0.6) is 5.75 Å². The van der Waals surface area contributed by atoms with Crippen LogP contribution in [0.25, 0.3) is 0 Å². The number of hydrogen-bond acceptors (Lipinski definition) is 5. The summed E-state index contributed by atoms with van der Waals surface area (Å²) in [5.74, 6) is 0.573. The van der Waals surface area contributed by atoms with Gasteiger partial charge in [-0.1, -0.05) is 44.4 Å². The molecule has 0 spiro atoms. The van der Waals surface area contributed by atoms with Crippen LogP contribution in [0.4, 0.5) is 0 Å². The van der Waals surface area contributed by atoms with E-state index in [9.17, 15) is 14.9 Å². The lowest BCUT2D eigenvalue weighted by Crippen LogP contribution is -2.17. The molecule has 0 fully saturated rings. The second-order valence-corrected chi connectivity index (χ2v) is 6.72. The molecular formula is C17H25NO4S. The lowest BCUT2D eigenvalue weighted by molar-refractivity contribution is -0.488. The first-order valence-corrected chi connectivity index (χ1v) is 8.83. The van der Waals surface area contributed by atoms with Crippen LogP contribution in [-0.4, -0.2) is 23.7 Å². The molecule has 0 saturated carbocycles. The minimum Gasteiger partial charge on any atom is -0.497 e. The van der Waals surface area contributed by atoms with Crippen molar-refractivity contribution in [1.82, 2.24) is 0 Å². The zero-order chi connectivity index (χ0) is 17.1. The minimum absolute atomic E-state index is 0.0162. The standard InChI is InChI=1S/C17H25NO4S/c1-3-4-5-6-7-14(13-18(20)21)12-17(19)23-16-10-8-15(22-2)9-11-16/h8-11,14H,3-7,12-13H2,1-2H3/t14-/m0/s1. The number of thioether (sulfide) groups is 1. The van der Waals surface area contributed by atoms with Crippen LogP contribution in [0.1, 0.15) is 45.4 Å². The third kappa shape index (κ3) is 8.59. The molecule has 0 aliphatic heterocycles. The Hall–Kier alpha value is -1.56. The second kappa shape index (κ2) is 11.0. The van der Waals surface area contributed by atoms with Crippen LogP contribution < -0.4 is 4.74 Å². The molecule has 0 unspecified atom stereocenters. The molecule has 5 nitrogen and oxygen atoms in total. The Kier molecular flexibility index (Phi) is 9.36. The number of unbranched alkanes of at least 4 members (excludes halogenated alkanes) is 3. The number of ether oxygens (including phenoxy) is 1. The van der Waals surface area contributed by atoms with E-state index >= 15 is 0 Å². The van der Waals surface area contributed by atoms with Crippen molar-refractivity contribution in [3.8, 4) is 5.75 Å². The summed E-state index contributed by atoms with van der Waals surface area (Å²) in [5, 5.41) is 10.8. The molecule has 0 bridgehead atoms. The molecule has 6 heteroatoms. The maximum absolute atomic E-state index is 12.2. The number of hydrogen-bond donors (Lipinski definition) is 0. The lowest BCUT2D eigenvalue weighted by Gasteiger charge is -2.11. The molecule has 0 amide bonds. The number of nitrogens with zero attached hydrogens (tertiary/aromatic N) is 1. The van der Waals surface area contributed by atoms with Crippen molar-refractivity contribution in [1.29, 1.82) is 0 Å². The van der Waals surface area contributed by atoms with Crippen LogP contribution in [0.15, 0.2) is 29.2 Å². The Bertz CT molecular complexity index is 490. The Morgan fingerprint density at radius 3 is 2.52 bits per heavy atom. The van der Waals surface area contributed by atoms with Crippen molar-refractivity contribution < 1.29 is 14.5 Å². The second-order valence-electron chi connectivity index (χ2n) is 5.58. The monoisotopic (exact) mass is 339 g/mol. The summed E-state index contributed by atoms with van der Waals surface area (Å²) in [5.41, 5.74) is 0. The van der Waals surface area contributed by atoms with Crippen LogP contribution in [0.2, 0.25) is 0 Å².